The van der Waals surface area contributed by atoms with Crippen LogP contribution in [0.15, 0.2) is 60.7 Å². The van der Waals surface area contributed by atoms with Crippen LogP contribution >= 0.6 is 322 Å². The topological polar surface area (TPSA) is 273 Å². The summed E-state index contributed by atoms with van der Waals surface area (Å²) in [4.78, 5) is 59.6. The molecule has 2 aliphatic carbocycles. The number of carbonyl (C=O) groups excluding carboxylic acids is 5. The number of aldehydes is 1. The van der Waals surface area contributed by atoms with E-state index in [0.29, 0.717) is 85.7 Å². The van der Waals surface area contributed by atoms with Gasteiger partial charge in [0, 0.05) is 72.6 Å². The fourth-order valence-electron chi connectivity index (χ4n) is 8.45. The van der Waals surface area contributed by atoms with E-state index in [4.69, 9.17) is 343 Å². The van der Waals surface area contributed by atoms with E-state index >= 15 is 0 Å². The summed E-state index contributed by atoms with van der Waals surface area (Å²) in [6, 6.07) is 0. The summed E-state index contributed by atoms with van der Waals surface area (Å²) in [5, 5.41) is 31.6. The number of ketones is 2. The van der Waals surface area contributed by atoms with Crippen molar-refractivity contribution in [1.29, 1.82) is 0 Å². The van der Waals surface area contributed by atoms with Gasteiger partial charge < -0.3 is 78.1 Å². The predicted octanol–water partition coefficient (Wildman–Crippen LogP) is 16.8. The van der Waals surface area contributed by atoms with Gasteiger partial charge >= 0.3 is 59.1 Å². The van der Waals surface area contributed by atoms with Crippen LogP contribution in [0.25, 0.3) is 0 Å². The zero-order valence-corrected chi connectivity index (χ0v) is 89.8. The SMILES string of the molecule is C.C/C(CBr)=C(\CCC(OCC(Cl)(Cl)Cl)OCC(Cl)(Cl)Cl)C(=O)[O-].C/C(CBr)=C(\CCC(OCC(Cl)(Cl)Cl)OCC(Cl)(Cl)Cl)C1=NC(C)(C)CO1.C/C(CCl)=C(\CCC(OCC(Cl)(Cl)Cl)OCC(Cl)(Cl)Cl)C(=O)[O-].CC(C)(N)CO.CC1=C(CCC(OCC(Cl)(Cl)Cl)OCC(Cl)(Cl)Cl)CCC1=O.CC1=C(CCC=O)C(=O)CC1.[Na+].[Na+]. The van der Waals surface area contributed by atoms with Crippen LogP contribution in [0.1, 0.15) is 160 Å². The maximum Gasteiger partial charge on any atom is 1.00 e. The van der Waals surface area contributed by atoms with Crippen LogP contribution in [0.2, 0.25) is 0 Å². The number of carboxylic acid groups (broad SMARTS) is 2. The molecule has 0 atom stereocenters. The van der Waals surface area contributed by atoms with Crippen LogP contribution in [0.4, 0.5) is 0 Å². The number of nitrogens with two attached hydrogens (primary N) is 1. The van der Waals surface area contributed by atoms with E-state index < -0.39 is 73.0 Å². The summed E-state index contributed by atoms with van der Waals surface area (Å²) in [7, 11) is 0. The summed E-state index contributed by atoms with van der Waals surface area (Å²) in [6.45, 7) is 15.4. The molecule has 0 bridgehead atoms. The van der Waals surface area contributed by atoms with Crippen molar-refractivity contribution in [2.24, 2.45) is 10.7 Å². The molecule has 664 valence electrons. The van der Waals surface area contributed by atoms with Gasteiger partial charge in [0.15, 0.2) is 36.7 Å². The van der Waals surface area contributed by atoms with Gasteiger partial charge in [0.2, 0.25) is 36.2 Å². The summed E-state index contributed by atoms with van der Waals surface area (Å²) in [5.41, 5.74) is 11.9. The van der Waals surface area contributed by atoms with E-state index in [1.807, 2.05) is 34.6 Å². The summed E-state index contributed by atoms with van der Waals surface area (Å²) < 4.78 is 36.0. The van der Waals surface area contributed by atoms with Crippen LogP contribution in [-0.2, 0) is 66.6 Å². The number of aliphatic hydroxyl groups is 1. The molecule has 0 aromatic rings. The fraction of sp³-hybridized carbons (Fsp3) is 0.761. The number of aliphatic carboxylic acids is 2. The normalized spacial score (nSPS) is 15.5. The zero-order chi connectivity index (χ0) is 87.8. The number of carbonyl (C=O) groups is 5. The molecule has 0 aromatic carbocycles. The van der Waals surface area contributed by atoms with E-state index in [9.17, 15) is 34.2 Å². The Hall–Kier alpha value is 5.93. The first-order valence-electron chi connectivity index (χ1n) is 32.9. The first kappa shape index (κ1) is 132. The van der Waals surface area contributed by atoms with Crippen LogP contribution in [0.5, 0.6) is 0 Å². The molecular weight excluding hydrogens is 2200 g/mol. The van der Waals surface area contributed by atoms with Gasteiger partial charge in [0.1, 0.15) is 12.9 Å². The quantitative estimate of drug-likeness (QED) is 0.0191. The summed E-state index contributed by atoms with van der Waals surface area (Å²) in [5.74, 6) is -1.51. The van der Waals surface area contributed by atoms with Gasteiger partial charge in [-0.1, -0.05) is 346 Å². The van der Waals surface area contributed by atoms with E-state index in [1.165, 1.54) is 5.57 Å². The largest absolute Gasteiger partial charge is 1.00 e. The fourth-order valence-corrected chi connectivity index (χ4v) is 10.8. The molecule has 19 nitrogen and oxygen atoms in total. The van der Waals surface area contributed by atoms with E-state index in [0.717, 1.165) is 47.0 Å². The predicted molar refractivity (Wildman–Crippen MR) is 477 cm³/mol. The monoisotopic (exact) mass is 2280 g/mol. The van der Waals surface area contributed by atoms with Gasteiger partial charge in [-0.3, -0.25) is 9.59 Å². The molecule has 48 heteroatoms. The molecule has 0 unspecified atom stereocenters. The molecule has 0 radical (unpaired) electrons. The second-order valence-corrected chi connectivity index (χ2v) is 47.3. The van der Waals surface area contributed by atoms with Crippen molar-refractivity contribution in [2.75, 3.05) is 82.6 Å². The summed E-state index contributed by atoms with van der Waals surface area (Å²) >= 11 is 148. The maximum atomic E-state index is 11.5. The number of allylic oxidation sites excluding steroid dienone is 7. The van der Waals surface area contributed by atoms with Crippen molar-refractivity contribution < 1.29 is 141 Å². The Morgan fingerprint density at radius 2 is 0.835 bits per heavy atom. The molecule has 1 aliphatic heterocycles. The minimum absolute atomic E-state index is 0. The van der Waals surface area contributed by atoms with Crippen molar-refractivity contribution in [3.63, 3.8) is 0 Å². The van der Waals surface area contributed by atoms with Crippen LogP contribution in [0.3, 0.4) is 0 Å². The molecule has 0 spiro atoms. The zero-order valence-electron chi connectivity index (χ0n) is 63.7. The number of Topliss-reactive ketones (excluding diaryl/α,β-unsaturated/α-hetero) is 2. The molecule has 0 saturated heterocycles. The Labute approximate surface area is 862 Å². The third kappa shape index (κ3) is 76.2. The number of halogens is 27. The Bertz CT molecular complexity index is 2910. The second-order valence-electron chi connectivity index (χ2n) is 25.7. The molecule has 1 heterocycles. The minimum Gasteiger partial charge on any atom is -0.545 e. The first-order valence-corrected chi connectivity index (χ1v) is 44.7. The van der Waals surface area contributed by atoms with Gasteiger partial charge in [0.05, 0.1) is 76.9 Å². The molecule has 3 rings (SSSR count). The summed E-state index contributed by atoms with van der Waals surface area (Å²) in [6.07, 6.45) is 4.12. The number of hydrogen-bond donors (Lipinski definition) is 2. The first-order chi connectivity index (χ1) is 50.7. The standard InChI is InChI=1S/C16H22BrCl6NO3.C13H16Cl6O3.C12H15BrCl6O4.C12H15Cl7O4.C9H12O2.C4H11NO.CH4.2Na/c1-10(6-17)11(13-24-14(2,3)7-27-13)4-5-12(25-8-15(18,19)20)26-9-16(21,22)23;1-8-9(2-4-10(8)20)3-5-11(21-6-12(14,15)16)22-7-13(17,18)19;2*1-7(4-13)8(10(20)21)2-3-9(22-5-11(14,15)16)23-6-12(17,18)19;1-7-4-5-9(11)8(7)3-2-6-10;1-4(2,5)3-6;;;/h12H,4-9H2,1-3H3;11H,2-7H2,1H3;2*9H,2-6H2,1H3,(H,20,21);6H,2-5H2,1H3;6H,3,5H2,1-2H3;1H4;;/q;;;;;;;2*+1/p-2/b11-10-;;2*8-7-;;;;;. The average molecular weight is 2290 g/mol. The number of aliphatic imine (C=N–C) groups is 1. The molecule has 3 aliphatic rings. The van der Waals surface area contributed by atoms with Crippen LogP contribution in [0, 0.1) is 0 Å². The number of aliphatic hydroxyl groups excluding tert-OH is 1. The van der Waals surface area contributed by atoms with Gasteiger partial charge in [-0.15, -0.1) is 11.6 Å². The molecule has 0 aromatic heterocycles. The Morgan fingerprint density at radius 3 is 1.07 bits per heavy atom. The van der Waals surface area contributed by atoms with Crippen LogP contribution in [-0.4, -0.2) is 190 Å². The Kier molecular flexibility index (Phi) is 75.0. The number of alkyl halides is 27. The van der Waals surface area contributed by atoms with Crippen molar-refractivity contribution in [3.05, 3.63) is 55.7 Å². The Balaban J connectivity index is -0.000000320. The van der Waals surface area contributed by atoms with E-state index in [1.54, 1.807) is 27.7 Å². The molecule has 0 fully saturated rings. The van der Waals surface area contributed by atoms with Gasteiger partial charge in [-0.05, 0) is 130 Å². The van der Waals surface area contributed by atoms with Crippen molar-refractivity contribution >= 4 is 358 Å². The minimum atomic E-state index is -1.67. The number of nitrogens with zero attached hydrogens (tertiary/aromatic N) is 1. The molecule has 0 saturated carbocycles. The van der Waals surface area contributed by atoms with E-state index in [-0.39, 0.29) is 186 Å². The van der Waals surface area contributed by atoms with Gasteiger partial charge in [0.25, 0.3) is 0 Å². The third-order valence-electron chi connectivity index (χ3n) is 14.0. The molecule has 115 heavy (non-hydrogen) atoms. The molecule has 3 N–H and O–H groups in total. The Morgan fingerprint density at radius 1 is 0.530 bits per heavy atom. The molecular formula is C67H93Br2Cl25N2Na2O17. The second kappa shape index (κ2) is 65.5. The van der Waals surface area contributed by atoms with Gasteiger partial charge in [-0.25, -0.2) is 4.99 Å². The number of ether oxygens (including phenoxy) is 9. The average Bonchev–Trinajstić information content (AvgIpc) is 1.70. The number of hydrogen-bond acceptors (Lipinski definition) is 19. The smallest absolute Gasteiger partial charge is 0.545 e. The third-order valence-corrected chi connectivity index (χ3v) is 18.7. The van der Waals surface area contributed by atoms with Gasteiger partial charge in [-0.2, -0.15) is 0 Å². The van der Waals surface area contributed by atoms with Crippen LogP contribution < -0.4 is 75.1 Å². The molecule has 0 amide bonds. The maximum absolute atomic E-state index is 11.5. The van der Waals surface area contributed by atoms with Crippen molar-refractivity contribution in [3.8, 4) is 0 Å². The number of rotatable bonds is 38. The number of carboxylic acids is 2. The van der Waals surface area contributed by atoms with Crippen molar-refractivity contribution in [1.82, 2.24) is 0 Å². The van der Waals surface area contributed by atoms with E-state index in [2.05, 4.69) is 36.9 Å². The van der Waals surface area contributed by atoms with Crippen molar-refractivity contribution in [2.45, 2.75) is 226 Å².